The van der Waals surface area contributed by atoms with Crippen LogP contribution in [0.5, 0.6) is 0 Å². The van der Waals surface area contributed by atoms with E-state index in [1.807, 2.05) is 5.38 Å². The van der Waals surface area contributed by atoms with Crippen molar-refractivity contribution in [3.8, 4) is 0 Å². The van der Waals surface area contributed by atoms with Crippen LogP contribution in [-0.4, -0.2) is 6.29 Å². The first kappa shape index (κ1) is 9.46. The van der Waals surface area contributed by atoms with Crippen molar-refractivity contribution in [2.75, 3.05) is 0 Å². The van der Waals surface area contributed by atoms with Crippen LogP contribution in [0.25, 0.3) is 0 Å². The minimum atomic E-state index is 0.902. The molecular formula is C10H14OS. The Morgan fingerprint density at radius 3 is 2.75 bits per heavy atom. The van der Waals surface area contributed by atoms with Crippen molar-refractivity contribution in [1.29, 1.82) is 0 Å². The molecule has 0 saturated heterocycles. The van der Waals surface area contributed by atoms with Gasteiger partial charge in [0.25, 0.3) is 0 Å². The second kappa shape index (κ2) is 4.41. The molecule has 2 heteroatoms. The van der Waals surface area contributed by atoms with E-state index in [4.69, 9.17) is 0 Å². The maximum atomic E-state index is 10.6. The van der Waals surface area contributed by atoms with Crippen molar-refractivity contribution < 1.29 is 4.79 Å². The Balaban J connectivity index is 2.98. The van der Waals surface area contributed by atoms with Gasteiger partial charge in [0.15, 0.2) is 6.29 Å². The van der Waals surface area contributed by atoms with E-state index in [0.29, 0.717) is 0 Å². The molecule has 1 rings (SSSR count). The molecule has 0 aliphatic rings. The Hall–Kier alpha value is -0.630. The molecule has 66 valence electrons. The summed E-state index contributed by atoms with van der Waals surface area (Å²) in [6.07, 6.45) is 4.18. The molecule has 0 aromatic carbocycles. The lowest BCUT2D eigenvalue weighted by Gasteiger charge is -1.99. The van der Waals surface area contributed by atoms with Crippen molar-refractivity contribution in [3.05, 3.63) is 21.4 Å². The van der Waals surface area contributed by atoms with Gasteiger partial charge in [0.05, 0.1) is 0 Å². The van der Waals surface area contributed by atoms with Crippen molar-refractivity contribution in [2.45, 2.75) is 33.1 Å². The second-order valence-corrected chi connectivity index (χ2v) is 3.78. The molecule has 0 amide bonds. The third kappa shape index (κ3) is 1.75. The molecule has 1 aromatic rings. The molecule has 0 unspecified atom stereocenters. The molecule has 0 aliphatic heterocycles. The largest absolute Gasteiger partial charge is 0.298 e. The number of aldehydes is 1. The number of aryl methyl sites for hydroxylation is 1. The highest BCUT2D eigenvalue weighted by molar-refractivity contribution is 7.10. The average Bonchev–Trinajstić information content (AvgIpc) is 2.48. The fourth-order valence-electron chi connectivity index (χ4n) is 1.37. The summed E-state index contributed by atoms with van der Waals surface area (Å²) in [5.74, 6) is 0. The van der Waals surface area contributed by atoms with Crippen molar-refractivity contribution >= 4 is 17.6 Å². The first-order chi connectivity index (χ1) is 5.83. The van der Waals surface area contributed by atoms with Crippen LogP contribution >= 0.6 is 11.3 Å². The van der Waals surface area contributed by atoms with Crippen LogP contribution in [0.2, 0.25) is 0 Å². The van der Waals surface area contributed by atoms with E-state index in [9.17, 15) is 4.79 Å². The predicted molar refractivity (Wildman–Crippen MR) is 53.1 cm³/mol. The minimum absolute atomic E-state index is 0.902. The van der Waals surface area contributed by atoms with Gasteiger partial charge >= 0.3 is 0 Å². The van der Waals surface area contributed by atoms with Crippen LogP contribution in [0, 0.1) is 0 Å². The van der Waals surface area contributed by atoms with Crippen LogP contribution < -0.4 is 0 Å². The lowest BCUT2D eigenvalue weighted by Crippen LogP contribution is -1.90. The number of carbonyl (C=O) groups excluding carboxylic acids is 1. The molecule has 0 radical (unpaired) electrons. The van der Waals surface area contributed by atoms with Gasteiger partial charge in [-0.3, -0.25) is 4.79 Å². The van der Waals surface area contributed by atoms with Gasteiger partial charge in [-0.05, 0) is 18.4 Å². The van der Waals surface area contributed by atoms with E-state index in [1.54, 1.807) is 11.3 Å². The maximum Gasteiger partial charge on any atom is 0.151 e. The highest BCUT2D eigenvalue weighted by atomic mass is 32.1. The monoisotopic (exact) mass is 182 g/mol. The van der Waals surface area contributed by atoms with Gasteiger partial charge < -0.3 is 0 Å². The Morgan fingerprint density at radius 2 is 2.25 bits per heavy atom. The summed E-state index contributed by atoms with van der Waals surface area (Å²) in [5, 5.41) is 1.97. The van der Waals surface area contributed by atoms with E-state index in [1.165, 1.54) is 10.4 Å². The SMILES string of the molecule is CCCc1c(C=O)csc1CC. The van der Waals surface area contributed by atoms with Gasteiger partial charge in [-0.1, -0.05) is 20.3 Å². The topological polar surface area (TPSA) is 17.1 Å². The molecule has 1 aromatic heterocycles. The summed E-state index contributed by atoms with van der Waals surface area (Å²) in [5.41, 5.74) is 2.18. The summed E-state index contributed by atoms with van der Waals surface area (Å²) in [6, 6.07) is 0. The Kier molecular flexibility index (Phi) is 3.48. The molecular weight excluding hydrogens is 168 g/mol. The molecule has 0 bridgehead atoms. The van der Waals surface area contributed by atoms with E-state index in [-0.39, 0.29) is 0 Å². The van der Waals surface area contributed by atoms with Gasteiger partial charge in [-0.25, -0.2) is 0 Å². The van der Waals surface area contributed by atoms with Gasteiger partial charge in [-0.2, -0.15) is 0 Å². The molecule has 0 spiro atoms. The zero-order valence-corrected chi connectivity index (χ0v) is 8.41. The van der Waals surface area contributed by atoms with E-state index in [2.05, 4.69) is 13.8 Å². The van der Waals surface area contributed by atoms with Crippen LogP contribution in [0.1, 0.15) is 41.1 Å². The summed E-state index contributed by atoms with van der Waals surface area (Å²) >= 11 is 1.71. The fourth-order valence-corrected chi connectivity index (χ4v) is 2.36. The molecule has 0 aliphatic carbocycles. The van der Waals surface area contributed by atoms with Gasteiger partial charge in [0.1, 0.15) is 0 Å². The standard InChI is InChI=1S/C10H14OS/c1-3-5-9-8(6-11)7-12-10(9)4-2/h6-7H,3-5H2,1-2H3. The number of carbonyl (C=O) groups is 1. The second-order valence-electron chi connectivity index (χ2n) is 2.81. The lowest BCUT2D eigenvalue weighted by molar-refractivity contribution is 0.112. The molecule has 0 atom stereocenters. The number of rotatable bonds is 4. The normalized spacial score (nSPS) is 10.2. The third-order valence-corrected chi connectivity index (χ3v) is 3.15. The zero-order valence-electron chi connectivity index (χ0n) is 7.59. The van der Waals surface area contributed by atoms with Crippen LogP contribution in [0.15, 0.2) is 5.38 Å². The number of hydrogen-bond donors (Lipinski definition) is 0. The molecule has 0 N–H and O–H groups in total. The van der Waals surface area contributed by atoms with Crippen LogP contribution in [-0.2, 0) is 12.8 Å². The van der Waals surface area contributed by atoms with Crippen LogP contribution in [0.3, 0.4) is 0 Å². The van der Waals surface area contributed by atoms with E-state index >= 15 is 0 Å². The maximum absolute atomic E-state index is 10.6. The van der Waals surface area contributed by atoms with E-state index in [0.717, 1.165) is 31.1 Å². The molecule has 0 saturated carbocycles. The summed E-state index contributed by atoms with van der Waals surface area (Å²) in [4.78, 5) is 12.0. The van der Waals surface area contributed by atoms with E-state index < -0.39 is 0 Å². The van der Waals surface area contributed by atoms with Gasteiger partial charge in [0.2, 0.25) is 0 Å². The quantitative estimate of drug-likeness (QED) is 0.654. The first-order valence-electron chi connectivity index (χ1n) is 4.37. The Morgan fingerprint density at radius 1 is 1.50 bits per heavy atom. The average molecular weight is 182 g/mol. The first-order valence-corrected chi connectivity index (χ1v) is 5.25. The fraction of sp³-hybridized carbons (Fsp3) is 0.500. The number of hydrogen-bond acceptors (Lipinski definition) is 2. The van der Waals surface area contributed by atoms with Gasteiger partial charge in [-0.15, -0.1) is 11.3 Å². The number of thiophene rings is 1. The van der Waals surface area contributed by atoms with Crippen molar-refractivity contribution in [3.63, 3.8) is 0 Å². The minimum Gasteiger partial charge on any atom is -0.298 e. The molecule has 12 heavy (non-hydrogen) atoms. The van der Waals surface area contributed by atoms with Gasteiger partial charge in [0, 0.05) is 15.8 Å². The van der Waals surface area contributed by atoms with Crippen molar-refractivity contribution in [2.24, 2.45) is 0 Å². The Bertz CT molecular complexity index is 263. The molecule has 0 fully saturated rings. The summed E-state index contributed by atoms with van der Waals surface area (Å²) < 4.78 is 0. The zero-order chi connectivity index (χ0) is 8.97. The third-order valence-electron chi connectivity index (χ3n) is 1.96. The highest BCUT2D eigenvalue weighted by Gasteiger charge is 2.07. The van der Waals surface area contributed by atoms with Crippen LogP contribution in [0.4, 0.5) is 0 Å². The Labute approximate surface area is 77.4 Å². The highest BCUT2D eigenvalue weighted by Crippen LogP contribution is 2.23. The molecule has 1 nitrogen and oxygen atoms in total. The predicted octanol–water partition coefficient (Wildman–Crippen LogP) is 3.08. The lowest BCUT2D eigenvalue weighted by atomic mass is 10.1. The summed E-state index contributed by atoms with van der Waals surface area (Å²) in [7, 11) is 0. The van der Waals surface area contributed by atoms with Crippen molar-refractivity contribution in [1.82, 2.24) is 0 Å². The smallest absolute Gasteiger partial charge is 0.151 e. The molecule has 1 heterocycles. The summed E-state index contributed by atoms with van der Waals surface area (Å²) in [6.45, 7) is 4.28.